The van der Waals surface area contributed by atoms with Crippen molar-refractivity contribution in [2.24, 2.45) is 11.8 Å². The predicted octanol–water partition coefficient (Wildman–Crippen LogP) is 4.48. The maximum absolute atomic E-state index is 11.2. The second-order valence-electron chi connectivity index (χ2n) is 7.73. The average Bonchev–Trinajstić information content (AvgIpc) is 2.79. The number of methoxy groups -OCH3 is 3. The molecule has 1 aliphatic carbocycles. The van der Waals surface area contributed by atoms with Gasteiger partial charge >= 0.3 is 0 Å². The molecule has 0 fully saturated rings. The molecule has 5 heteroatoms. The third-order valence-corrected chi connectivity index (χ3v) is 6.12. The molecule has 0 aromatic heterocycles. The molecule has 5 atom stereocenters. The van der Waals surface area contributed by atoms with Gasteiger partial charge in [-0.05, 0) is 24.5 Å². The van der Waals surface area contributed by atoms with E-state index in [0.717, 1.165) is 11.1 Å². The number of benzene rings is 2. The van der Waals surface area contributed by atoms with Crippen LogP contribution in [0.5, 0.6) is 0 Å². The molecule has 2 aromatic carbocycles. The molecule has 3 rings (SSSR count). The Balaban J connectivity index is 2.04. The lowest BCUT2D eigenvalue weighted by atomic mass is 9.73. The summed E-state index contributed by atoms with van der Waals surface area (Å²) in [7, 11) is 4.70. The highest BCUT2D eigenvalue weighted by Crippen LogP contribution is 2.48. The smallest absolute Gasteiger partial charge is 0.234 e. The maximum Gasteiger partial charge on any atom is 0.234 e. The maximum atomic E-state index is 11.2. The van der Waals surface area contributed by atoms with Gasteiger partial charge in [0.05, 0.1) is 20.3 Å². The molecule has 0 amide bonds. The van der Waals surface area contributed by atoms with Gasteiger partial charge in [0.1, 0.15) is 6.10 Å². The van der Waals surface area contributed by atoms with E-state index < -0.39 is 11.9 Å². The molecular weight excluding hydrogens is 380 g/mol. The van der Waals surface area contributed by atoms with Gasteiger partial charge in [-0.2, -0.15) is 0 Å². The molecule has 0 radical (unpaired) electrons. The molecule has 0 bridgehead atoms. The number of aliphatic hydroxyl groups excluding tert-OH is 1. The number of rotatable bonds is 8. The van der Waals surface area contributed by atoms with Crippen LogP contribution in [-0.2, 0) is 25.4 Å². The number of hydrogen-bond acceptors (Lipinski definition) is 5. The Bertz CT molecular complexity index is 835. The quantitative estimate of drug-likeness (QED) is 0.648. The molecule has 2 aromatic rings. The summed E-state index contributed by atoms with van der Waals surface area (Å²) >= 11 is 0. The van der Waals surface area contributed by atoms with E-state index in [1.54, 1.807) is 14.2 Å². The Hall–Kier alpha value is -2.34. The molecule has 1 N–H and O–H groups in total. The molecule has 0 aliphatic heterocycles. The Morgan fingerprint density at radius 3 is 2.07 bits per heavy atom. The first kappa shape index (κ1) is 22.3. The highest BCUT2D eigenvalue weighted by molar-refractivity contribution is 5.27. The van der Waals surface area contributed by atoms with Gasteiger partial charge in [0.15, 0.2) is 11.5 Å². The summed E-state index contributed by atoms with van der Waals surface area (Å²) < 4.78 is 24.0. The van der Waals surface area contributed by atoms with Crippen molar-refractivity contribution in [3.05, 3.63) is 83.3 Å². The standard InChI is InChI=1S/C25H32O5/c1-17-21(16-19-12-8-6-9-13-19)22(26)23(27-3)24(28-4)25(17,29-5)30-18(2)20-14-10-7-11-15-20/h6-15,17-18,21-22,26H,16H2,1-5H3/t17?,18-,21?,22?,25?/m1/s1. The Morgan fingerprint density at radius 1 is 0.933 bits per heavy atom. The van der Waals surface area contributed by atoms with Crippen molar-refractivity contribution in [1.29, 1.82) is 0 Å². The summed E-state index contributed by atoms with van der Waals surface area (Å²) in [6.07, 6.45) is -0.440. The summed E-state index contributed by atoms with van der Waals surface area (Å²) in [6.45, 7) is 4.02. The lowest BCUT2D eigenvalue weighted by molar-refractivity contribution is -0.286. The first-order valence-corrected chi connectivity index (χ1v) is 10.3. The summed E-state index contributed by atoms with van der Waals surface area (Å²) in [5, 5.41) is 11.2. The van der Waals surface area contributed by atoms with E-state index in [9.17, 15) is 5.11 Å². The number of aliphatic hydroxyl groups is 1. The fourth-order valence-electron chi connectivity index (χ4n) is 4.44. The predicted molar refractivity (Wildman–Crippen MR) is 116 cm³/mol. The van der Waals surface area contributed by atoms with Gasteiger partial charge in [-0.25, -0.2) is 0 Å². The highest BCUT2D eigenvalue weighted by Gasteiger charge is 2.56. The number of hydrogen-bond donors (Lipinski definition) is 1. The van der Waals surface area contributed by atoms with Crippen molar-refractivity contribution in [1.82, 2.24) is 0 Å². The normalized spacial score (nSPS) is 27.6. The largest absolute Gasteiger partial charge is 0.495 e. The third-order valence-electron chi connectivity index (χ3n) is 6.12. The topological polar surface area (TPSA) is 57.2 Å². The second-order valence-corrected chi connectivity index (χ2v) is 7.73. The van der Waals surface area contributed by atoms with Crippen molar-refractivity contribution in [2.75, 3.05) is 21.3 Å². The van der Waals surface area contributed by atoms with Crippen LogP contribution >= 0.6 is 0 Å². The SMILES string of the molecule is COC1=C(OC)C(OC)(O[C@H](C)c2ccccc2)C(C)C(Cc2ccccc2)C1O. The van der Waals surface area contributed by atoms with Crippen molar-refractivity contribution >= 4 is 0 Å². The van der Waals surface area contributed by atoms with Gasteiger partial charge < -0.3 is 24.1 Å². The van der Waals surface area contributed by atoms with Gasteiger partial charge in [0, 0.05) is 18.9 Å². The van der Waals surface area contributed by atoms with Crippen molar-refractivity contribution in [2.45, 2.75) is 38.3 Å². The van der Waals surface area contributed by atoms with Crippen LogP contribution in [0.1, 0.15) is 31.1 Å². The van der Waals surface area contributed by atoms with Crippen LogP contribution < -0.4 is 0 Å². The second kappa shape index (κ2) is 9.65. The summed E-state index contributed by atoms with van der Waals surface area (Å²) in [4.78, 5) is 0. The average molecular weight is 413 g/mol. The van der Waals surface area contributed by atoms with E-state index in [1.165, 1.54) is 7.11 Å². The fourth-order valence-corrected chi connectivity index (χ4v) is 4.44. The molecule has 0 saturated carbocycles. The van der Waals surface area contributed by atoms with Gasteiger partial charge in [0.25, 0.3) is 0 Å². The minimum Gasteiger partial charge on any atom is -0.495 e. The monoisotopic (exact) mass is 412 g/mol. The Labute approximate surface area is 179 Å². The van der Waals surface area contributed by atoms with Crippen molar-refractivity contribution < 1.29 is 24.1 Å². The van der Waals surface area contributed by atoms with E-state index in [1.807, 2.05) is 62.4 Å². The lowest BCUT2D eigenvalue weighted by Gasteiger charge is -2.48. The zero-order chi connectivity index (χ0) is 21.7. The van der Waals surface area contributed by atoms with E-state index in [4.69, 9.17) is 18.9 Å². The van der Waals surface area contributed by atoms with Crippen LogP contribution in [0.3, 0.4) is 0 Å². The van der Waals surface area contributed by atoms with Gasteiger partial charge in [-0.1, -0.05) is 67.6 Å². The number of ether oxygens (including phenoxy) is 4. The molecule has 30 heavy (non-hydrogen) atoms. The minimum atomic E-state index is -1.20. The molecule has 5 nitrogen and oxygen atoms in total. The molecule has 0 saturated heterocycles. The Morgan fingerprint density at radius 2 is 1.53 bits per heavy atom. The van der Waals surface area contributed by atoms with Crippen LogP contribution in [0.15, 0.2) is 72.2 Å². The highest BCUT2D eigenvalue weighted by atomic mass is 16.7. The first-order valence-electron chi connectivity index (χ1n) is 10.3. The summed E-state index contributed by atoms with van der Waals surface area (Å²) in [5.74, 6) is -0.881. The molecule has 0 spiro atoms. The first-order chi connectivity index (χ1) is 14.5. The molecule has 0 heterocycles. The van der Waals surface area contributed by atoms with Crippen LogP contribution in [0.2, 0.25) is 0 Å². The van der Waals surface area contributed by atoms with Gasteiger partial charge in [-0.3, -0.25) is 0 Å². The molecule has 4 unspecified atom stereocenters. The van der Waals surface area contributed by atoms with E-state index in [0.29, 0.717) is 17.9 Å². The Kier molecular flexibility index (Phi) is 7.19. The van der Waals surface area contributed by atoms with E-state index in [-0.39, 0.29) is 17.9 Å². The van der Waals surface area contributed by atoms with Crippen LogP contribution in [0, 0.1) is 11.8 Å². The summed E-state index contributed by atoms with van der Waals surface area (Å²) in [5.41, 5.74) is 2.16. The zero-order valence-electron chi connectivity index (χ0n) is 18.4. The van der Waals surface area contributed by atoms with Gasteiger partial charge in [-0.15, -0.1) is 0 Å². The van der Waals surface area contributed by atoms with E-state index >= 15 is 0 Å². The zero-order valence-corrected chi connectivity index (χ0v) is 18.4. The van der Waals surface area contributed by atoms with Crippen molar-refractivity contribution in [3.8, 4) is 0 Å². The fraction of sp³-hybridized carbons (Fsp3) is 0.440. The van der Waals surface area contributed by atoms with Crippen LogP contribution in [-0.4, -0.2) is 38.3 Å². The van der Waals surface area contributed by atoms with E-state index in [2.05, 4.69) is 12.1 Å². The minimum absolute atomic E-state index is 0.191. The van der Waals surface area contributed by atoms with Crippen LogP contribution in [0.4, 0.5) is 0 Å². The molecule has 162 valence electrons. The third kappa shape index (κ3) is 4.10. The lowest BCUT2D eigenvalue weighted by Crippen LogP contribution is -2.55. The van der Waals surface area contributed by atoms with Crippen molar-refractivity contribution in [3.63, 3.8) is 0 Å². The van der Waals surface area contributed by atoms with Gasteiger partial charge in [0.2, 0.25) is 5.79 Å². The summed E-state index contributed by atoms with van der Waals surface area (Å²) in [6, 6.07) is 20.1. The van der Waals surface area contributed by atoms with Crippen LogP contribution in [0.25, 0.3) is 0 Å². The molecule has 1 aliphatic rings. The molecular formula is C25H32O5.